The van der Waals surface area contributed by atoms with E-state index in [0.717, 1.165) is 57.8 Å². The summed E-state index contributed by atoms with van der Waals surface area (Å²) in [6.07, 6.45) is 34.5. The Bertz CT molecular complexity index is 568. The molecule has 0 saturated carbocycles. The summed E-state index contributed by atoms with van der Waals surface area (Å²) in [5.74, 6) is -0.0879. The Kier molecular flexibility index (Phi) is 31.3. The maximum absolute atomic E-state index is 12.3. The number of unbranched alkanes of at least 4 members (excludes halogenated alkanes) is 21. The molecule has 0 bridgehead atoms. The van der Waals surface area contributed by atoms with Gasteiger partial charge in [-0.05, 0) is 32.1 Å². The van der Waals surface area contributed by atoms with Gasteiger partial charge in [0.25, 0.3) is 0 Å². The number of carbonyl (C=O) groups is 1. The van der Waals surface area contributed by atoms with Crippen LogP contribution in [0.1, 0.15) is 187 Å². The van der Waals surface area contributed by atoms with Gasteiger partial charge in [0.15, 0.2) is 0 Å². The number of aliphatic hydroxyl groups excluding tert-OH is 3. The summed E-state index contributed by atoms with van der Waals surface area (Å²) in [6, 6.07) is -0.633. The van der Waals surface area contributed by atoms with Crippen molar-refractivity contribution in [2.24, 2.45) is 0 Å². The van der Waals surface area contributed by atoms with Crippen LogP contribution in [0.4, 0.5) is 0 Å². The molecule has 0 heterocycles. The molecule has 41 heavy (non-hydrogen) atoms. The smallest absolute Gasteiger partial charge is 0.220 e. The van der Waals surface area contributed by atoms with E-state index in [2.05, 4.69) is 19.2 Å². The van der Waals surface area contributed by atoms with Crippen molar-refractivity contribution in [1.29, 1.82) is 0 Å². The molecule has 4 N–H and O–H groups in total. The highest BCUT2D eigenvalue weighted by Gasteiger charge is 2.17. The molecule has 0 aliphatic heterocycles. The Labute approximate surface area is 255 Å². The summed E-state index contributed by atoms with van der Waals surface area (Å²) in [5.41, 5.74) is 0. The molecule has 0 rings (SSSR count). The maximum atomic E-state index is 12.3. The van der Waals surface area contributed by atoms with Crippen molar-refractivity contribution in [1.82, 2.24) is 5.32 Å². The molecule has 0 radical (unpaired) electrons. The van der Waals surface area contributed by atoms with Gasteiger partial charge in [-0.1, -0.05) is 161 Å². The number of aliphatic hydroxyl groups is 3. The van der Waals surface area contributed by atoms with E-state index in [0.29, 0.717) is 6.42 Å². The van der Waals surface area contributed by atoms with E-state index in [1.54, 1.807) is 6.08 Å². The molecule has 244 valence electrons. The molecule has 0 fully saturated rings. The SMILES string of the molecule is CCCCCCCCCCCCC/C=C/C(O)C(CO)NC(=O)CCCCCCCCCCC(O)CCCCCC. The third-order valence-corrected chi connectivity index (χ3v) is 8.35. The summed E-state index contributed by atoms with van der Waals surface area (Å²) in [6.45, 7) is 4.22. The van der Waals surface area contributed by atoms with Crippen molar-refractivity contribution in [2.45, 2.75) is 205 Å². The van der Waals surface area contributed by atoms with E-state index in [-0.39, 0.29) is 18.6 Å². The van der Waals surface area contributed by atoms with Crippen LogP contribution >= 0.6 is 0 Å². The summed E-state index contributed by atoms with van der Waals surface area (Å²) < 4.78 is 0. The molecular weight excluding hydrogens is 510 g/mol. The molecule has 0 saturated heterocycles. The lowest BCUT2D eigenvalue weighted by molar-refractivity contribution is -0.123. The predicted molar refractivity (Wildman–Crippen MR) is 176 cm³/mol. The topological polar surface area (TPSA) is 89.8 Å². The van der Waals surface area contributed by atoms with Crippen LogP contribution in [0.25, 0.3) is 0 Å². The normalized spacial score (nSPS) is 14.0. The summed E-state index contributed by atoms with van der Waals surface area (Å²) in [7, 11) is 0. The van der Waals surface area contributed by atoms with Crippen molar-refractivity contribution >= 4 is 5.91 Å². The van der Waals surface area contributed by atoms with Crippen molar-refractivity contribution in [3.8, 4) is 0 Å². The minimum Gasteiger partial charge on any atom is -0.394 e. The number of nitrogens with one attached hydrogen (secondary N) is 1. The van der Waals surface area contributed by atoms with Crippen LogP contribution in [-0.4, -0.2) is 46.1 Å². The molecule has 5 heteroatoms. The van der Waals surface area contributed by atoms with E-state index >= 15 is 0 Å². The number of rotatable bonds is 32. The number of carbonyl (C=O) groups excluding carboxylic acids is 1. The molecule has 0 aromatic carbocycles. The lowest BCUT2D eigenvalue weighted by Crippen LogP contribution is -2.45. The Morgan fingerprint density at radius 2 is 1.02 bits per heavy atom. The molecule has 0 aliphatic rings. The molecule has 0 spiro atoms. The van der Waals surface area contributed by atoms with Gasteiger partial charge in [-0.3, -0.25) is 4.79 Å². The summed E-state index contributed by atoms with van der Waals surface area (Å²) in [5, 5.41) is 32.9. The number of allylic oxidation sites excluding steroid dienone is 1. The number of amides is 1. The number of hydrogen-bond donors (Lipinski definition) is 4. The fourth-order valence-corrected chi connectivity index (χ4v) is 5.49. The zero-order valence-corrected chi connectivity index (χ0v) is 27.4. The van der Waals surface area contributed by atoms with Gasteiger partial charge < -0.3 is 20.6 Å². The van der Waals surface area contributed by atoms with Gasteiger partial charge in [-0.25, -0.2) is 0 Å². The molecule has 0 aromatic heterocycles. The first kappa shape index (κ1) is 40.1. The van der Waals surface area contributed by atoms with Gasteiger partial charge in [-0.2, -0.15) is 0 Å². The second-order valence-electron chi connectivity index (χ2n) is 12.5. The highest BCUT2D eigenvalue weighted by atomic mass is 16.3. The fourth-order valence-electron chi connectivity index (χ4n) is 5.49. The van der Waals surface area contributed by atoms with Crippen molar-refractivity contribution in [3.63, 3.8) is 0 Å². The van der Waals surface area contributed by atoms with Gasteiger partial charge in [0.1, 0.15) is 0 Å². The van der Waals surface area contributed by atoms with E-state index in [9.17, 15) is 20.1 Å². The van der Waals surface area contributed by atoms with Crippen molar-refractivity contribution < 1.29 is 20.1 Å². The van der Waals surface area contributed by atoms with Crippen molar-refractivity contribution in [2.75, 3.05) is 6.61 Å². The predicted octanol–water partition coefficient (Wildman–Crippen LogP) is 9.31. The van der Waals surface area contributed by atoms with E-state index in [4.69, 9.17) is 0 Å². The molecular formula is C36H71NO4. The van der Waals surface area contributed by atoms with Gasteiger partial charge in [-0.15, -0.1) is 0 Å². The summed E-state index contributed by atoms with van der Waals surface area (Å²) >= 11 is 0. The highest BCUT2D eigenvalue weighted by Crippen LogP contribution is 2.15. The van der Waals surface area contributed by atoms with Crippen LogP contribution in [0.15, 0.2) is 12.2 Å². The maximum Gasteiger partial charge on any atom is 0.220 e. The lowest BCUT2D eigenvalue weighted by Gasteiger charge is -2.20. The van der Waals surface area contributed by atoms with Gasteiger partial charge in [0.05, 0.1) is 24.9 Å². The average Bonchev–Trinajstić information content (AvgIpc) is 2.97. The Balaban J connectivity index is 3.65. The van der Waals surface area contributed by atoms with E-state index in [1.807, 2.05) is 6.08 Å². The molecule has 3 atom stereocenters. The standard InChI is InChI=1S/C36H71NO4/c1-3-5-7-9-10-11-12-13-14-15-19-22-26-30-35(40)34(32-38)37-36(41)31-27-23-20-17-16-18-21-25-29-33(39)28-24-8-6-4-2/h26,30,33-35,38-40H,3-25,27-29,31-32H2,1-2H3,(H,37,41)/b30-26+. The second kappa shape index (κ2) is 32.0. The molecule has 5 nitrogen and oxygen atoms in total. The molecule has 0 aromatic rings. The first-order chi connectivity index (χ1) is 20.0. The largest absolute Gasteiger partial charge is 0.394 e. The van der Waals surface area contributed by atoms with Gasteiger partial charge >= 0.3 is 0 Å². The van der Waals surface area contributed by atoms with Crippen LogP contribution < -0.4 is 5.32 Å². The quantitative estimate of drug-likeness (QED) is 0.0471. The highest BCUT2D eigenvalue weighted by molar-refractivity contribution is 5.76. The second-order valence-corrected chi connectivity index (χ2v) is 12.5. The van der Waals surface area contributed by atoms with E-state index in [1.165, 1.54) is 109 Å². The Hall–Kier alpha value is -0.910. The molecule has 1 amide bonds. The third-order valence-electron chi connectivity index (χ3n) is 8.35. The van der Waals surface area contributed by atoms with E-state index < -0.39 is 12.1 Å². The van der Waals surface area contributed by atoms with Crippen LogP contribution in [0, 0.1) is 0 Å². The van der Waals surface area contributed by atoms with Crippen LogP contribution in [0.3, 0.4) is 0 Å². The minimum absolute atomic E-state index is 0.0879. The van der Waals surface area contributed by atoms with Crippen LogP contribution in [-0.2, 0) is 4.79 Å². The molecule has 0 aliphatic carbocycles. The Morgan fingerprint density at radius 1 is 0.610 bits per heavy atom. The first-order valence-corrected chi connectivity index (χ1v) is 18.0. The van der Waals surface area contributed by atoms with Crippen molar-refractivity contribution in [3.05, 3.63) is 12.2 Å². The zero-order chi connectivity index (χ0) is 30.2. The first-order valence-electron chi connectivity index (χ1n) is 18.0. The van der Waals surface area contributed by atoms with Crippen LogP contribution in [0.5, 0.6) is 0 Å². The molecule has 3 unspecified atom stereocenters. The monoisotopic (exact) mass is 582 g/mol. The van der Waals surface area contributed by atoms with Gasteiger partial charge in [0.2, 0.25) is 5.91 Å². The Morgan fingerprint density at radius 3 is 1.51 bits per heavy atom. The summed E-state index contributed by atoms with van der Waals surface area (Å²) in [4.78, 5) is 12.3. The van der Waals surface area contributed by atoms with Crippen LogP contribution in [0.2, 0.25) is 0 Å². The average molecular weight is 582 g/mol. The third kappa shape index (κ3) is 29.0. The zero-order valence-electron chi connectivity index (χ0n) is 27.4. The minimum atomic E-state index is -0.848. The lowest BCUT2D eigenvalue weighted by atomic mass is 10.0. The fraction of sp³-hybridized carbons (Fsp3) is 0.917. The number of hydrogen-bond acceptors (Lipinski definition) is 4. The van der Waals surface area contributed by atoms with Gasteiger partial charge in [0, 0.05) is 6.42 Å².